The Morgan fingerprint density at radius 2 is 2.05 bits per heavy atom. The van der Waals surface area contributed by atoms with Crippen molar-refractivity contribution in [1.82, 2.24) is 5.32 Å². The highest BCUT2D eigenvalue weighted by molar-refractivity contribution is 5.53. The maximum Gasteiger partial charge on any atom is 0.127 e. The van der Waals surface area contributed by atoms with Crippen molar-refractivity contribution in [3.63, 3.8) is 0 Å². The average molecular weight is 271 g/mol. The molecule has 1 aromatic carbocycles. The summed E-state index contributed by atoms with van der Waals surface area (Å²) in [6.07, 6.45) is 2.35. The second kappa shape index (κ2) is 6.28. The highest BCUT2D eigenvalue weighted by atomic mass is 15.2. The molecule has 1 aromatic rings. The summed E-state index contributed by atoms with van der Waals surface area (Å²) in [6, 6.07) is 11.0. The van der Waals surface area contributed by atoms with Gasteiger partial charge in [0, 0.05) is 18.8 Å². The Morgan fingerprint density at radius 1 is 1.35 bits per heavy atom. The van der Waals surface area contributed by atoms with Gasteiger partial charge in [0.1, 0.15) is 5.54 Å². The van der Waals surface area contributed by atoms with Crippen molar-refractivity contribution in [2.45, 2.75) is 39.2 Å². The molecule has 3 heteroatoms. The van der Waals surface area contributed by atoms with Crippen LogP contribution in [-0.2, 0) is 0 Å². The fourth-order valence-electron chi connectivity index (χ4n) is 2.97. The molecule has 1 N–H and O–H groups in total. The zero-order chi connectivity index (χ0) is 14.6. The monoisotopic (exact) mass is 271 g/mol. The summed E-state index contributed by atoms with van der Waals surface area (Å²) in [7, 11) is 0. The average Bonchev–Trinajstić information content (AvgIpc) is 3.29. The molecule has 3 nitrogen and oxygen atoms in total. The van der Waals surface area contributed by atoms with Gasteiger partial charge in [-0.3, -0.25) is 5.32 Å². The molecule has 1 fully saturated rings. The van der Waals surface area contributed by atoms with E-state index in [1.165, 1.54) is 24.1 Å². The van der Waals surface area contributed by atoms with E-state index in [9.17, 15) is 5.26 Å². The SMILES string of the molecule is CCNC(C#N)(CN(CC)c1ccccc1C)C1CC1. The van der Waals surface area contributed by atoms with Crippen LogP contribution in [0.1, 0.15) is 32.3 Å². The zero-order valence-corrected chi connectivity index (χ0v) is 12.8. The van der Waals surface area contributed by atoms with E-state index in [4.69, 9.17) is 0 Å². The molecule has 0 saturated heterocycles. The number of likely N-dealkylation sites (N-methyl/N-ethyl adjacent to an activating group) is 2. The topological polar surface area (TPSA) is 39.1 Å². The molecule has 1 aliphatic carbocycles. The van der Waals surface area contributed by atoms with Gasteiger partial charge in [0.15, 0.2) is 0 Å². The quantitative estimate of drug-likeness (QED) is 0.828. The molecule has 1 saturated carbocycles. The molecule has 0 amide bonds. The molecule has 0 aromatic heterocycles. The summed E-state index contributed by atoms with van der Waals surface area (Å²) in [5.41, 5.74) is 2.12. The minimum Gasteiger partial charge on any atom is -0.369 e. The molecule has 0 bridgehead atoms. The number of benzene rings is 1. The van der Waals surface area contributed by atoms with Crippen molar-refractivity contribution in [1.29, 1.82) is 5.26 Å². The standard InChI is InChI=1S/C17H25N3/c1-4-19-17(12-18,15-10-11-15)13-20(5-2)16-9-7-6-8-14(16)3/h6-9,15,19H,4-5,10-11,13H2,1-3H3. The first-order valence-corrected chi connectivity index (χ1v) is 7.63. The Morgan fingerprint density at radius 3 is 2.55 bits per heavy atom. The fourth-order valence-corrected chi connectivity index (χ4v) is 2.97. The molecule has 1 atom stereocenters. The van der Waals surface area contributed by atoms with Crippen molar-refractivity contribution in [3.05, 3.63) is 29.8 Å². The van der Waals surface area contributed by atoms with E-state index in [-0.39, 0.29) is 0 Å². The largest absolute Gasteiger partial charge is 0.369 e. The van der Waals surface area contributed by atoms with Crippen molar-refractivity contribution in [2.24, 2.45) is 5.92 Å². The zero-order valence-electron chi connectivity index (χ0n) is 12.8. The number of nitrogens with one attached hydrogen (secondary N) is 1. The molecule has 0 spiro atoms. The third-order valence-electron chi connectivity index (χ3n) is 4.24. The summed E-state index contributed by atoms with van der Waals surface area (Å²) in [5, 5.41) is 13.2. The van der Waals surface area contributed by atoms with Gasteiger partial charge in [0.25, 0.3) is 0 Å². The van der Waals surface area contributed by atoms with Gasteiger partial charge in [-0.15, -0.1) is 0 Å². The first-order chi connectivity index (χ1) is 9.66. The Balaban J connectivity index is 2.24. The van der Waals surface area contributed by atoms with E-state index in [1.54, 1.807) is 0 Å². The number of aryl methyl sites for hydroxylation is 1. The molecule has 0 heterocycles. The van der Waals surface area contributed by atoms with Gasteiger partial charge in [-0.05, 0) is 50.8 Å². The Labute approximate surface area is 122 Å². The molecule has 0 radical (unpaired) electrons. The smallest absolute Gasteiger partial charge is 0.127 e. The lowest BCUT2D eigenvalue weighted by atomic mass is 9.93. The predicted octanol–water partition coefficient (Wildman–Crippen LogP) is 3.10. The number of nitrogens with zero attached hydrogens (tertiary/aromatic N) is 2. The highest BCUT2D eigenvalue weighted by Gasteiger charge is 2.46. The predicted molar refractivity (Wildman–Crippen MR) is 83.8 cm³/mol. The molecular formula is C17H25N3. The van der Waals surface area contributed by atoms with Gasteiger partial charge in [-0.1, -0.05) is 25.1 Å². The minimum atomic E-state index is -0.396. The number of hydrogen-bond acceptors (Lipinski definition) is 3. The highest BCUT2D eigenvalue weighted by Crippen LogP contribution is 2.40. The first kappa shape index (κ1) is 14.9. The van der Waals surface area contributed by atoms with Gasteiger partial charge >= 0.3 is 0 Å². The maximum absolute atomic E-state index is 9.74. The first-order valence-electron chi connectivity index (χ1n) is 7.63. The van der Waals surface area contributed by atoms with Gasteiger partial charge in [0.2, 0.25) is 0 Å². The van der Waals surface area contributed by atoms with E-state index in [2.05, 4.69) is 61.3 Å². The Hall–Kier alpha value is -1.53. The molecule has 1 aliphatic rings. The third-order valence-corrected chi connectivity index (χ3v) is 4.24. The van der Waals surface area contributed by atoms with Crippen molar-refractivity contribution in [2.75, 3.05) is 24.5 Å². The van der Waals surface area contributed by atoms with Gasteiger partial charge < -0.3 is 4.90 Å². The van der Waals surface area contributed by atoms with Crippen LogP contribution in [0, 0.1) is 24.2 Å². The van der Waals surface area contributed by atoms with Crippen molar-refractivity contribution < 1.29 is 0 Å². The van der Waals surface area contributed by atoms with Crippen LogP contribution in [0.15, 0.2) is 24.3 Å². The number of anilines is 1. The van der Waals surface area contributed by atoms with Crippen LogP contribution in [0.5, 0.6) is 0 Å². The Kier molecular flexibility index (Phi) is 4.67. The molecule has 2 rings (SSSR count). The minimum absolute atomic E-state index is 0.396. The summed E-state index contributed by atoms with van der Waals surface area (Å²) in [5.74, 6) is 0.505. The normalized spacial score (nSPS) is 17.3. The lowest BCUT2D eigenvalue weighted by Gasteiger charge is -2.35. The van der Waals surface area contributed by atoms with E-state index in [0.29, 0.717) is 5.92 Å². The van der Waals surface area contributed by atoms with Crippen LogP contribution in [0.25, 0.3) is 0 Å². The number of para-hydroxylation sites is 1. The summed E-state index contributed by atoms with van der Waals surface area (Å²) < 4.78 is 0. The van der Waals surface area contributed by atoms with Gasteiger partial charge in [-0.2, -0.15) is 5.26 Å². The lowest BCUT2D eigenvalue weighted by molar-refractivity contribution is 0.373. The van der Waals surface area contributed by atoms with Gasteiger partial charge in [0.05, 0.1) is 6.07 Å². The van der Waals surface area contributed by atoms with Crippen LogP contribution in [-0.4, -0.2) is 25.2 Å². The molecule has 0 aliphatic heterocycles. The van der Waals surface area contributed by atoms with Crippen molar-refractivity contribution >= 4 is 5.69 Å². The van der Waals surface area contributed by atoms with Crippen molar-refractivity contribution in [3.8, 4) is 6.07 Å². The number of hydrogen-bond donors (Lipinski definition) is 1. The van der Waals surface area contributed by atoms with Crippen LogP contribution < -0.4 is 10.2 Å². The molecule has 20 heavy (non-hydrogen) atoms. The van der Waals surface area contributed by atoms with E-state index < -0.39 is 5.54 Å². The van der Waals surface area contributed by atoms with Crippen LogP contribution in [0.3, 0.4) is 0 Å². The van der Waals surface area contributed by atoms with E-state index in [1.807, 2.05) is 0 Å². The van der Waals surface area contributed by atoms with Crippen LogP contribution >= 0.6 is 0 Å². The lowest BCUT2D eigenvalue weighted by Crippen LogP contribution is -2.54. The van der Waals surface area contributed by atoms with Gasteiger partial charge in [-0.25, -0.2) is 0 Å². The third kappa shape index (κ3) is 2.96. The summed E-state index contributed by atoms with van der Waals surface area (Å²) in [6.45, 7) is 8.91. The number of nitriles is 1. The summed E-state index contributed by atoms with van der Waals surface area (Å²) in [4.78, 5) is 2.33. The fraction of sp³-hybridized carbons (Fsp3) is 0.588. The maximum atomic E-state index is 9.74. The van der Waals surface area contributed by atoms with E-state index >= 15 is 0 Å². The molecule has 108 valence electrons. The van der Waals surface area contributed by atoms with Crippen LogP contribution in [0.2, 0.25) is 0 Å². The Bertz CT molecular complexity index is 487. The second-order valence-electron chi connectivity index (χ2n) is 5.69. The van der Waals surface area contributed by atoms with E-state index in [0.717, 1.165) is 19.6 Å². The van der Waals surface area contributed by atoms with Crippen LogP contribution in [0.4, 0.5) is 5.69 Å². The summed E-state index contributed by atoms with van der Waals surface area (Å²) >= 11 is 0. The molecule has 1 unspecified atom stereocenters. The number of rotatable bonds is 7. The second-order valence-corrected chi connectivity index (χ2v) is 5.69. The molecular weight excluding hydrogens is 246 g/mol.